The first-order valence-electron chi connectivity index (χ1n) is 6.64. The second-order valence-corrected chi connectivity index (χ2v) is 7.03. The highest BCUT2D eigenvalue weighted by Gasteiger charge is 2.18. The van der Waals surface area contributed by atoms with Crippen molar-refractivity contribution in [3.8, 4) is 0 Å². The number of rotatable bonds is 4. The van der Waals surface area contributed by atoms with Crippen molar-refractivity contribution in [2.45, 2.75) is 17.9 Å². The summed E-state index contributed by atoms with van der Waals surface area (Å²) in [6, 6.07) is 8.18. The van der Waals surface area contributed by atoms with Crippen LogP contribution in [0.3, 0.4) is 0 Å². The van der Waals surface area contributed by atoms with Crippen molar-refractivity contribution in [3.63, 3.8) is 0 Å². The van der Waals surface area contributed by atoms with Gasteiger partial charge in [0, 0.05) is 17.9 Å². The molecule has 0 aliphatic rings. The Morgan fingerprint density at radius 2 is 1.70 bits per heavy atom. The molecule has 0 aromatic heterocycles. The Kier molecular flexibility index (Phi) is 4.79. The Morgan fingerprint density at radius 1 is 1.09 bits per heavy atom. The molecule has 0 fully saturated rings. The molecule has 0 N–H and O–H groups in total. The number of benzene rings is 2. The highest BCUT2D eigenvalue weighted by molar-refractivity contribution is 7.90. The summed E-state index contributed by atoms with van der Waals surface area (Å²) < 4.78 is 54.3. The molecule has 2 rings (SSSR count). The summed E-state index contributed by atoms with van der Waals surface area (Å²) >= 11 is 0. The van der Waals surface area contributed by atoms with Crippen LogP contribution in [0.4, 0.5) is 8.78 Å². The van der Waals surface area contributed by atoms with Crippen LogP contribution in [0.25, 0.3) is 0 Å². The van der Waals surface area contributed by atoms with Crippen LogP contribution in [0, 0.1) is 11.6 Å². The molecule has 122 valence electrons. The van der Waals surface area contributed by atoms with E-state index in [1.807, 2.05) is 0 Å². The van der Waals surface area contributed by atoms with E-state index in [0.29, 0.717) is 6.07 Å². The van der Waals surface area contributed by atoms with E-state index in [9.17, 15) is 22.0 Å². The predicted octanol–water partition coefficient (Wildman–Crippen LogP) is 3.29. The maximum Gasteiger partial charge on any atom is 0.338 e. The molecule has 7 heteroatoms. The molecule has 0 spiro atoms. The molecule has 0 aliphatic heterocycles. The van der Waals surface area contributed by atoms with Crippen molar-refractivity contribution in [3.05, 3.63) is 65.2 Å². The van der Waals surface area contributed by atoms with Crippen LogP contribution in [0.2, 0.25) is 0 Å². The Bertz CT molecular complexity index is 830. The summed E-state index contributed by atoms with van der Waals surface area (Å²) in [5.41, 5.74) is 0.180. The molecule has 0 aliphatic carbocycles. The first-order valence-corrected chi connectivity index (χ1v) is 8.53. The number of esters is 1. The number of hydrogen-bond acceptors (Lipinski definition) is 4. The molecule has 23 heavy (non-hydrogen) atoms. The normalized spacial score (nSPS) is 12.7. The van der Waals surface area contributed by atoms with E-state index >= 15 is 0 Å². The fourth-order valence-electron chi connectivity index (χ4n) is 1.96. The molecule has 2 aromatic rings. The summed E-state index contributed by atoms with van der Waals surface area (Å²) in [5, 5.41) is 0. The van der Waals surface area contributed by atoms with E-state index in [2.05, 4.69) is 0 Å². The minimum Gasteiger partial charge on any atom is -0.454 e. The van der Waals surface area contributed by atoms with Gasteiger partial charge in [-0.15, -0.1) is 0 Å². The standard InChI is InChI=1S/C16H14F2O4S/c1-10(14-8-5-12(17)9-15(14)18)22-16(19)11-3-6-13(7-4-11)23(2,20)21/h3-10H,1-2H3. The molecule has 0 saturated heterocycles. The summed E-state index contributed by atoms with van der Waals surface area (Å²) in [6.07, 6.45) is 0.136. The van der Waals surface area contributed by atoms with Gasteiger partial charge in [-0.3, -0.25) is 0 Å². The van der Waals surface area contributed by atoms with Gasteiger partial charge >= 0.3 is 5.97 Å². The van der Waals surface area contributed by atoms with Crippen molar-refractivity contribution in [2.75, 3.05) is 6.26 Å². The lowest BCUT2D eigenvalue weighted by Crippen LogP contribution is -2.11. The topological polar surface area (TPSA) is 60.4 Å². The third kappa shape index (κ3) is 4.13. The Morgan fingerprint density at radius 3 is 2.22 bits per heavy atom. The summed E-state index contributed by atoms with van der Waals surface area (Å²) in [5.74, 6) is -2.26. The van der Waals surface area contributed by atoms with E-state index in [0.717, 1.165) is 12.3 Å². The van der Waals surface area contributed by atoms with Crippen LogP contribution in [0.15, 0.2) is 47.4 Å². The Hall–Kier alpha value is -2.28. The molecule has 0 saturated carbocycles. The highest BCUT2D eigenvalue weighted by Crippen LogP contribution is 2.22. The lowest BCUT2D eigenvalue weighted by atomic mass is 10.1. The van der Waals surface area contributed by atoms with Gasteiger partial charge in [-0.05, 0) is 43.3 Å². The van der Waals surface area contributed by atoms with E-state index in [4.69, 9.17) is 4.74 Å². The Labute approximate surface area is 132 Å². The van der Waals surface area contributed by atoms with Crippen LogP contribution in [-0.4, -0.2) is 20.6 Å². The average molecular weight is 340 g/mol. The van der Waals surface area contributed by atoms with Gasteiger partial charge in [0.25, 0.3) is 0 Å². The van der Waals surface area contributed by atoms with E-state index in [1.54, 1.807) is 0 Å². The number of carbonyl (C=O) groups is 1. The van der Waals surface area contributed by atoms with Crippen molar-refractivity contribution >= 4 is 15.8 Å². The molecule has 0 bridgehead atoms. The van der Waals surface area contributed by atoms with Crippen molar-refractivity contribution in [2.24, 2.45) is 0 Å². The van der Waals surface area contributed by atoms with Crippen LogP contribution in [0.1, 0.15) is 28.9 Å². The van der Waals surface area contributed by atoms with Gasteiger partial charge < -0.3 is 4.74 Å². The van der Waals surface area contributed by atoms with Gasteiger partial charge in [-0.1, -0.05) is 0 Å². The van der Waals surface area contributed by atoms with Gasteiger partial charge in [0.2, 0.25) is 0 Å². The number of hydrogen-bond donors (Lipinski definition) is 0. The minimum atomic E-state index is -3.36. The smallest absolute Gasteiger partial charge is 0.338 e. The first kappa shape index (κ1) is 17.1. The third-order valence-electron chi connectivity index (χ3n) is 3.20. The SMILES string of the molecule is CC(OC(=O)c1ccc(S(C)(=O)=O)cc1)c1ccc(F)cc1F. The fraction of sp³-hybridized carbons (Fsp3) is 0.188. The highest BCUT2D eigenvalue weighted by atomic mass is 32.2. The zero-order valence-corrected chi connectivity index (χ0v) is 13.2. The molecule has 1 atom stereocenters. The zero-order valence-electron chi connectivity index (χ0n) is 12.4. The third-order valence-corrected chi connectivity index (χ3v) is 4.33. The maximum absolute atomic E-state index is 13.6. The molecule has 1 unspecified atom stereocenters. The monoisotopic (exact) mass is 340 g/mol. The predicted molar refractivity (Wildman–Crippen MR) is 79.7 cm³/mol. The van der Waals surface area contributed by atoms with Crippen molar-refractivity contribution < 1.29 is 26.7 Å². The van der Waals surface area contributed by atoms with Crippen LogP contribution in [0.5, 0.6) is 0 Å². The maximum atomic E-state index is 13.6. The molecular formula is C16H14F2O4S. The number of carbonyl (C=O) groups excluding carboxylic acids is 1. The van der Waals surface area contributed by atoms with Crippen LogP contribution < -0.4 is 0 Å². The lowest BCUT2D eigenvalue weighted by Gasteiger charge is -2.14. The van der Waals surface area contributed by atoms with Gasteiger partial charge in [-0.25, -0.2) is 22.0 Å². The van der Waals surface area contributed by atoms with Gasteiger partial charge in [-0.2, -0.15) is 0 Å². The Balaban J connectivity index is 2.15. The molecule has 2 aromatic carbocycles. The molecular weight excluding hydrogens is 326 g/mol. The number of ether oxygens (including phenoxy) is 1. The zero-order chi connectivity index (χ0) is 17.2. The molecule has 0 radical (unpaired) electrons. The van der Waals surface area contributed by atoms with E-state index < -0.39 is 33.5 Å². The quantitative estimate of drug-likeness (QED) is 0.802. The summed E-state index contributed by atoms with van der Waals surface area (Å²) in [4.78, 5) is 12.1. The van der Waals surface area contributed by atoms with Gasteiger partial charge in [0.1, 0.15) is 17.7 Å². The second-order valence-electron chi connectivity index (χ2n) is 5.01. The van der Waals surface area contributed by atoms with Crippen molar-refractivity contribution in [1.82, 2.24) is 0 Å². The molecule has 0 amide bonds. The van der Waals surface area contributed by atoms with Crippen LogP contribution in [-0.2, 0) is 14.6 Å². The number of halogens is 2. The largest absolute Gasteiger partial charge is 0.454 e. The minimum absolute atomic E-state index is 0.0486. The molecule has 4 nitrogen and oxygen atoms in total. The van der Waals surface area contributed by atoms with Crippen LogP contribution >= 0.6 is 0 Å². The number of sulfone groups is 1. The first-order chi connectivity index (χ1) is 10.7. The van der Waals surface area contributed by atoms with E-state index in [-0.39, 0.29) is 16.0 Å². The second kappa shape index (κ2) is 6.45. The summed E-state index contributed by atoms with van der Waals surface area (Å²) in [6.45, 7) is 1.46. The lowest BCUT2D eigenvalue weighted by molar-refractivity contribution is 0.0331. The molecule has 0 heterocycles. The van der Waals surface area contributed by atoms with Crippen molar-refractivity contribution in [1.29, 1.82) is 0 Å². The average Bonchev–Trinajstić information content (AvgIpc) is 2.46. The fourth-order valence-corrected chi connectivity index (χ4v) is 2.59. The van der Waals surface area contributed by atoms with E-state index in [1.165, 1.54) is 37.3 Å². The summed E-state index contributed by atoms with van der Waals surface area (Å²) in [7, 11) is -3.36. The van der Waals surface area contributed by atoms with Gasteiger partial charge in [0.05, 0.1) is 10.5 Å². The van der Waals surface area contributed by atoms with Gasteiger partial charge in [0.15, 0.2) is 9.84 Å².